The van der Waals surface area contributed by atoms with Crippen molar-refractivity contribution in [2.45, 2.75) is 158 Å². The molecule has 2 aromatic heterocycles. The van der Waals surface area contributed by atoms with Crippen molar-refractivity contribution in [1.29, 1.82) is 0 Å². The number of aliphatic carboxylic acids is 1. The minimum atomic E-state index is -3.57. The Morgan fingerprint density at radius 1 is 0.548 bits per heavy atom. The molecule has 0 unspecified atom stereocenters. The van der Waals surface area contributed by atoms with Crippen LogP contribution >= 0.6 is 0 Å². The first kappa shape index (κ1) is 72.1. The van der Waals surface area contributed by atoms with Gasteiger partial charge in [0.1, 0.15) is 47.2 Å². The third-order valence-electron chi connectivity index (χ3n) is 20.4. The lowest BCUT2D eigenvalue weighted by Gasteiger charge is -2.29. The van der Waals surface area contributed by atoms with Gasteiger partial charge in [-0.1, -0.05) is 98.5 Å². The van der Waals surface area contributed by atoms with Gasteiger partial charge in [0.15, 0.2) is 38.0 Å². The Morgan fingerprint density at radius 3 is 1.42 bits per heavy atom. The fourth-order valence-electron chi connectivity index (χ4n) is 14.7. The van der Waals surface area contributed by atoms with Crippen molar-refractivity contribution in [1.82, 2.24) is 40.4 Å². The van der Waals surface area contributed by atoms with Crippen LogP contribution < -0.4 is 29.6 Å². The molecule has 548 valence electrons. The van der Waals surface area contributed by atoms with Crippen molar-refractivity contribution < 1.29 is 94.2 Å². The van der Waals surface area contributed by atoms with Crippen molar-refractivity contribution >= 4 is 69.6 Å². The maximum atomic E-state index is 15.0. The number of carbonyl (C=O) groups excluding carboxylic acids is 7. The number of ketones is 2. The number of carbonyl (C=O) groups is 8. The Bertz CT molecular complexity index is 4350. The number of fused-ring (bicyclic) bond motifs is 16. The van der Waals surface area contributed by atoms with Crippen LogP contribution in [0.3, 0.4) is 0 Å². The predicted octanol–water partition coefficient (Wildman–Crippen LogP) is 11.2. The van der Waals surface area contributed by atoms with Crippen LogP contribution in [0.5, 0.6) is 23.3 Å². The molecule has 8 heterocycles. The Hall–Kier alpha value is -10.3. The number of carboxylic acids is 1. The van der Waals surface area contributed by atoms with Crippen LogP contribution in [0.1, 0.15) is 110 Å². The number of carboxylic acid groups (broad SMARTS) is 1. The number of rotatable bonds is 3. The summed E-state index contributed by atoms with van der Waals surface area (Å²) in [5.41, 5.74) is 1.38. The number of nitrogens with one attached hydrogen (secondary N) is 2. The molecule has 28 heteroatoms. The molecule has 2 saturated carbocycles. The van der Waals surface area contributed by atoms with Gasteiger partial charge in [-0.2, -0.15) is 17.6 Å². The van der Waals surface area contributed by atoms with Gasteiger partial charge in [-0.25, -0.2) is 29.5 Å². The Morgan fingerprint density at radius 2 is 0.971 bits per heavy atom. The third kappa shape index (κ3) is 16.4. The summed E-state index contributed by atoms with van der Waals surface area (Å²) in [7, 11) is 0. The van der Waals surface area contributed by atoms with Gasteiger partial charge in [-0.15, -0.1) is 0 Å². The second-order valence-electron chi connectivity index (χ2n) is 28.0. The van der Waals surface area contributed by atoms with Gasteiger partial charge < -0.3 is 58.7 Å². The van der Waals surface area contributed by atoms with E-state index in [0.29, 0.717) is 89.5 Å². The number of Topliss-reactive ketones (excluding diaryl/α,β-unsaturated/α-hetero) is 2. The van der Waals surface area contributed by atoms with Gasteiger partial charge >= 0.3 is 36.0 Å². The minimum Gasteiger partial charge on any atom is -0.487 e. The van der Waals surface area contributed by atoms with Crippen molar-refractivity contribution in [2.75, 3.05) is 46.1 Å². The number of para-hydroxylation sites is 4. The highest BCUT2D eigenvalue weighted by atomic mass is 19.3. The van der Waals surface area contributed by atoms with Crippen LogP contribution in [0.15, 0.2) is 121 Å². The maximum Gasteiger partial charge on any atom is 0.408 e. The van der Waals surface area contributed by atoms with E-state index in [1.54, 1.807) is 73.7 Å². The number of halogens is 4. The van der Waals surface area contributed by atoms with Gasteiger partial charge in [0, 0.05) is 36.8 Å². The highest BCUT2D eigenvalue weighted by Crippen LogP contribution is 2.59. The van der Waals surface area contributed by atoms with E-state index in [1.165, 1.54) is 34.1 Å². The van der Waals surface area contributed by atoms with Gasteiger partial charge in [0.05, 0.1) is 64.7 Å². The standard InChI is InChI=1S/C39H42F2N4O8.C37H38F2N4O8/c1-2-50-36(48)38-19-25(38)12-6-4-3-5-7-16-30-35(47)45-21-27(18-31(45)32(46)20-38)53-34-33(42-28-14-8-9-15-29(28)43-34)24-11-10-13-26(17-24)51-22-39(40,41)23-52-37(49)44-30;38-37(39)20-49-24-11-8-9-22(15-24)31-32(41-27-13-7-6-12-26(27)40-31)51-25-16-29-30(44)18-36(34(46)47)17-23(36)10-4-2-1-3-5-14-28(33(45)43(29)19-25)42-35(48)50-21-37/h6,8-15,17,25,27,30-31H,2-5,7,16,18-23H2,1H3,(H,44,49);4,6-13,15,23,25,28-29H,1-3,5,14,16-21H2,(H,42,48)(H,46,47)/b12-6-;10-4-/t25-,27-,30+,31+,38-;23-,25-,28+,29+,36-/m11/s1. The fraction of sp³-hybridized carbons (Fsp3) is 0.474. The largest absolute Gasteiger partial charge is 0.487 e. The number of alkyl halides is 4. The summed E-state index contributed by atoms with van der Waals surface area (Å²) >= 11 is 0. The molecule has 2 aliphatic carbocycles. The number of nitrogens with zero attached hydrogens (tertiary/aromatic N) is 6. The lowest BCUT2D eigenvalue weighted by molar-refractivity contribution is -0.152. The molecule has 2 saturated heterocycles. The molecule has 4 aromatic carbocycles. The van der Waals surface area contributed by atoms with Crippen molar-refractivity contribution in [3.05, 3.63) is 121 Å². The van der Waals surface area contributed by atoms with Gasteiger partial charge in [0.25, 0.3) is 0 Å². The third-order valence-corrected chi connectivity index (χ3v) is 20.4. The number of benzene rings is 4. The van der Waals surface area contributed by atoms with E-state index in [1.807, 2.05) is 30.4 Å². The summed E-state index contributed by atoms with van der Waals surface area (Å²) in [5.74, 6) is -10.7. The van der Waals surface area contributed by atoms with Gasteiger partial charge in [-0.05, 0) is 119 Å². The van der Waals surface area contributed by atoms with E-state index in [9.17, 15) is 61.0 Å². The summed E-state index contributed by atoms with van der Waals surface area (Å²) in [5, 5.41) is 15.2. The van der Waals surface area contributed by atoms with Crippen LogP contribution in [0.2, 0.25) is 0 Å². The molecule has 4 amide bonds. The van der Waals surface area contributed by atoms with Crippen LogP contribution in [-0.2, 0) is 43.0 Å². The first-order valence-electron chi connectivity index (χ1n) is 35.4. The Balaban J connectivity index is 0.000000185. The molecular weight excluding hydrogens is 1360 g/mol. The zero-order valence-electron chi connectivity index (χ0n) is 57.2. The van der Waals surface area contributed by atoms with Crippen molar-refractivity contribution in [3.63, 3.8) is 0 Å². The number of alkyl carbamates (subject to hydrolysis) is 2. The summed E-state index contributed by atoms with van der Waals surface area (Å²) in [6, 6.07) is 22.5. The molecule has 10 bridgehead atoms. The van der Waals surface area contributed by atoms with E-state index in [0.717, 1.165) is 19.3 Å². The van der Waals surface area contributed by atoms with E-state index >= 15 is 0 Å². The lowest BCUT2D eigenvalue weighted by Crippen LogP contribution is -2.52. The summed E-state index contributed by atoms with van der Waals surface area (Å²) in [6.07, 6.45) is 10.0. The topological polar surface area (TPSA) is 304 Å². The van der Waals surface area contributed by atoms with E-state index < -0.39 is 127 Å². The van der Waals surface area contributed by atoms with Crippen LogP contribution in [0, 0.1) is 22.7 Å². The molecule has 24 nitrogen and oxygen atoms in total. The van der Waals surface area contributed by atoms with E-state index in [4.69, 9.17) is 53.1 Å². The second kappa shape index (κ2) is 30.6. The van der Waals surface area contributed by atoms with E-state index in [-0.39, 0.29) is 99.1 Å². The first-order valence-corrected chi connectivity index (χ1v) is 35.4. The predicted molar refractivity (Wildman–Crippen MR) is 365 cm³/mol. The highest BCUT2D eigenvalue weighted by Gasteiger charge is 2.63. The van der Waals surface area contributed by atoms with Gasteiger partial charge in [-0.3, -0.25) is 28.8 Å². The molecule has 14 rings (SSSR count). The average Bonchev–Trinajstić information content (AvgIpc) is 1.58. The number of allylic oxidation sites excluding steroid dienone is 4. The lowest BCUT2D eigenvalue weighted by atomic mass is 9.91. The number of hydrogen-bond donors (Lipinski definition) is 3. The zero-order valence-corrected chi connectivity index (χ0v) is 57.2. The number of amides is 4. The van der Waals surface area contributed by atoms with E-state index in [2.05, 4.69) is 10.6 Å². The number of hydrogen-bond acceptors (Lipinski definition) is 19. The molecule has 0 spiro atoms. The quantitative estimate of drug-likeness (QED) is 0.0642. The molecule has 0 radical (unpaired) electrons. The molecule has 6 aliphatic heterocycles. The Labute approximate surface area is 595 Å². The number of ether oxygens (including phenoxy) is 7. The molecule has 104 heavy (non-hydrogen) atoms. The van der Waals surface area contributed by atoms with Gasteiger partial charge in [0.2, 0.25) is 23.6 Å². The first-order chi connectivity index (χ1) is 50.1. The molecule has 6 aromatic rings. The zero-order chi connectivity index (χ0) is 72.9. The maximum absolute atomic E-state index is 15.0. The number of esters is 1. The van der Waals surface area contributed by atoms with Crippen LogP contribution in [0.4, 0.5) is 27.2 Å². The number of aromatic nitrogens is 4. The fourth-order valence-corrected chi connectivity index (χ4v) is 14.7. The summed E-state index contributed by atoms with van der Waals surface area (Å²) < 4.78 is 98.9. The van der Waals surface area contributed by atoms with Crippen LogP contribution in [-0.4, -0.2) is 177 Å². The second-order valence-corrected chi connectivity index (χ2v) is 28.0. The SMILES string of the molecule is CCOC(=O)[C@]12CC(=O)[C@@H]3C[C@@H]4CN3C(=O)[C@H](CCCCC/C=C\[C@@H]1C2)NC(=O)OCC(F)(F)COc1cccc(c1)-c1nc2ccccc2nc1O4.O=C1N[C@H]2CCCCC/C=C\[C@@H]3C[C@@]3(C(=O)O)CC(=O)[C@@H]3C[C@H](CN3C2=O)Oc2nc3ccccc3nc2-c2cccc(c2)OCC(F)(F)CO1. The molecule has 3 N–H and O–H groups in total. The number of cyclic esters (lactones) is 2. The highest BCUT2D eigenvalue weighted by molar-refractivity contribution is 5.98. The molecular formula is C76H80F4N8O16. The van der Waals surface area contributed by atoms with Crippen molar-refractivity contribution in [2.24, 2.45) is 22.7 Å². The minimum absolute atomic E-state index is 0.0290. The summed E-state index contributed by atoms with van der Waals surface area (Å²) in [6.45, 7) is -3.02. The average molecular weight is 1440 g/mol. The smallest absolute Gasteiger partial charge is 0.408 e. The normalized spacial score (nSPS) is 28.6. The molecule has 8 aliphatic rings. The van der Waals surface area contributed by atoms with Crippen molar-refractivity contribution in [3.8, 4) is 45.8 Å². The Kier molecular flexibility index (Phi) is 21.2. The summed E-state index contributed by atoms with van der Waals surface area (Å²) in [4.78, 5) is 131. The van der Waals surface area contributed by atoms with Crippen LogP contribution in [0.25, 0.3) is 44.6 Å². The molecule has 4 fully saturated rings. The molecule has 10 atom stereocenters. The monoisotopic (exact) mass is 1440 g/mol.